The number of anilines is 2. The lowest BCUT2D eigenvalue weighted by Crippen LogP contribution is -2.27. The van der Waals surface area contributed by atoms with Crippen molar-refractivity contribution in [2.75, 3.05) is 10.6 Å². The molecule has 2 aromatic rings. The average Bonchev–Trinajstić information content (AvgIpc) is 2.82. The van der Waals surface area contributed by atoms with Crippen LogP contribution in [0.25, 0.3) is 0 Å². The molecule has 0 unspecified atom stereocenters. The molecule has 2 rings (SSSR count). The predicted molar refractivity (Wildman–Crippen MR) is 87.0 cm³/mol. The number of amides is 1. The first-order valence-electron chi connectivity index (χ1n) is 7.32. The van der Waals surface area contributed by atoms with Gasteiger partial charge in [0.25, 0.3) is 0 Å². The summed E-state index contributed by atoms with van der Waals surface area (Å²) in [5.74, 6) is 1.11. The molecule has 0 fully saturated rings. The van der Waals surface area contributed by atoms with Crippen LogP contribution in [0, 0.1) is 12.7 Å². The van der Waals surface area contributed by atoms with Crippen molar-refractivity contribution in [2.24, 2.45) is 0 Å². The molecule has 1 aromatic heterocycles. The molecule has 2 N–H and O–H groups in total. The van der Waals surface area contributed by atoms with Gasteiger partial charge in [0, 0.05) is 0 Å². The smallest absolute Gasteiger partial charge is 0.412 e. The molecule has 0 saturated carbocycles. The molecule has 124 valence electrons. The van der Waals surface area contributed by atoms with Crippen LogP contribution in [0.4, 0.5) is 20.6 Å². The number of ether oxygens (including phenoxy) is 1. The van der Waals surface area contributed by atoms with E-state index in [1.54, 1.807) is 20.8 Å². The Morgan fingerprint density at radius 1 is 1.22 bits per heavy atom. The Bertz CT molecular complexity index is 689. The number of furan rings is 1. The molecule has 5 nitrogen and oxygen atoms in total. The van der Waals surface area contributed by atoms with E-state index in [2.05, 4.69) is 10.6 Å². The molecule has 1 aromatic carbocycles. The van der Waals surface area contributed by atoms with Crippen molar-refractivity contribution in [3.63, 3.8) is 0 Å². The number of aryl methyl sites for hydroxylation is 1. The fraction of sp³-hybridized carbons (Fsp3) is 0.353. The van der Waals surface area contributed by atoms with Crippen molar-refractivity contribution in [3.8, 4) is 0 Å². The Kier molecular flexibility index (Phi) is 4.93. The molecule has 0 spiro atoms. The van der Waals surface area contributed by atoms with Crippen molar-refractivity contribution in [1.29, 1.82) is 0 Å². The van der Waals surface area contributed by atoms with Gasteiger partial charge in [-0.25, -0.2) is 9.18 Å². The van der Waals surface area contributed by atoms with Crippen LogP contribution >= 0.6 is 0 Å². The average molecular weight is 320 g/mol. The van der Waals surface area contributed by atoms with E-state index in [-0.39, 0.29) is 0 Å². The highest BCUT2D eigenvalue weighted by Crippen LogP contribution is 2.24. The van der Waals surface area contributed by atoms with Crippen LogP contribution in [0.3, 0.4) is 0 Å². The summed E-state index contributed by atoms with van der Waals surface area (Å²) in [7, 11) is 0. The van der Waals surface area contributed by atoms with E-state index in [0.29, 0.717) is 17.9 Å². The number of nitrogens with one attached hydrogen (secondary N) is 2. The highest BCUT2D eigenvalue weighted by molar-refractivity contribution is 5.89. The Morgan fingerprint density at radius 3 is 2.57 bits per heavy atom. The molecule has 0 aliphatic rings. The SMILES string of the molecule is Cc1ccc(CNc2cc(F)ccc2NC(=O)OC(C)(C)C)o1. The molecule has 6 heteroatoms. The summed E-state index contributed by atoms with van der Waals surface area (Å²) in [6.45, 7) is 7.54. The molecule has 0 atom stereocenters. The number of rotatable bonds is 4. The topological polar surface area (TPSA) is 63.5 Å². The summed E-state index contributed by atoms with van der Waals surface area (Å²) in [4.78, 5) is 11.9. The monoisotopic (exact) mass is 320 g/mol. The van der Waals surface area contributed by atoms with E-state index < -0.39 is 17.5 Å². The van der Waals surface area contributed by atoms with Gasteiger partial charge in [0.2, 0.25) is 0 Å². The lowest BCUT2D eigenvalue weighted by Gasteiger charge is -2.20. The molecular weight excluding hydrogens is 299 g/mol. The summed E-state index contributed by atoms with van der Waals surface area (Å²) in [5, 5.41) is 5.66. The first-order chi connectivity index (χ1) is 10.7. The summed E-state index contributed by atoms with van der Waals surface area (Å²) < 4.78 is 24.1. The van der Waals surface area contributed by atoms with Gasteiger partial charge in [-0.15, -0.1) is 0 Å². The maximum atomic E-state index is 13.5. The lowest BCUT2D eigenvalue weighted by atomic mass is 10.2. The molecule has 1 heterocycles. The summed E-state index contributed by atoms with van der Waals surface area (Å²) >= 11 is 0. The third-order valence-electron chi connectivity index (χ3n) is 2.87. The van der Waals surface area contributed by atoms with Crippen LogP contribution < -0.4 is 10.6 Å². The summed E-state index contributed by atoms with van der Waals surface area (Å²) in [6, 6.07) is 7.75. The van der Waals surface area contributed by atoms with Crippen LogP contribution in [0.2, 0.25) is 0 Å². The van der Waals surface area contributed by atoms with Gasteiger partial charge in [-0.05, 0) is 58.0 Å². The van der Waals surface area contributed by atoms with Crippen molar-refractivity contribution >= 4 is 17.5 Å². The minimum absolute atomic E-state index is 0.375. The molecule has 0 aliphatic carbocycles. The fourth-order valence-corrected chi connectivity index (χ4v) is 1.95. The second kappa shape index (κ2) is 6.73. The van der Waals surface area contributed by atoms with E-state index in [1.165, 1.54) is 18.2 Å². The molecule has 0 saturated heterocycles. The molecule has 0 bridgehead atoms. The number of halogens is 1. The van der Waals surface area contributed by atoms with Crippen molar-refractivity contribution < 1.29 is 18.3 Å². The van der Waals surface area contributed by atoms with Crippen LogP contribution in [-0.4, -0.2) is 11.7 Å². The minimum Gasteiger partial charge on any atom is -0.465 e. The summed E-state index contributed by atoms with van der Waals surface area (Å²) in [6.07, 6.45) is -0.596. The normalized spacial score (nSPS) is 11.2. The molecule has 23 heavy (non-hydrogen) atoms. The fourth-order valence-electron chi connectivity index (χ4n) is 1.95. The number of carbonyl (C=O) groups excluding carboxylic acids is 1. The Labute approximate surface area is 134 Å². The first-order valence-corrected chi connectivity index (χ1v) is 7.32. The first kappa shape index (κ1) is 16.9. The zero-order valence-electron chi connectivity index (χ0n) is 13.7. The molecule has 1 amide bonds. The number of hydrogen-bond donors (Lipinski definition) is 2. The van der Waals surface area contributed by atoms with Crippen LogP contribution in [0.15, 0.2) is 34.7 Å². The number of hydrogen-bond acceptors (Lipinski definition) is 4. The molecule has 0 radical (unpaired) electrons. The van der Waals surface area contributed by atoms with Crippen molar-refractivity contribution in [1.82, 2.24) is 0 Å². The van der Waals surface area contributed by atoms with Gasteiger partial charge in [-0.1, -0.05) is 0 Å². The second-order valence-electron chi connectivity index (χ2n) is 6.18. The standard InChI is InChI=1S/C17H21FN2O3/c1-11-5-7-13(22-11)10-19-15-9-12(18)6-8-14(15)20-16(21)23-17(2,3)4/h5-9,19H,10H2,1-4H3,(H,20,21). The third-order valence-corrected chi connectivity index (χ3v) is 2.87. The zero-order chi connectivity index (χ0) is 17.0. The van der Waals surface area contributed by atoms with E-state index in [1.807, 2.05) is 19.1 Å². The van der Waals surface area contributed by atoms with Gasteiger partial charge in [0.15, 0.2) is 0 Å². The maximum absolute atomic E-state index is 13.5. The lowest BCUT2D eigenvalue weighted by molar-refractivity contribution is 0.0636. The van der Waals surface area contributed by atoms with Crippen molar-refractivity contribution in [3.05, 3.63) is 47.7 Å². The second-order valence-corrected chi connectivity index (χ2v) is 6.18. The van der Waals surface area contributed by atoms with Gasteiger partial charge in [0.1, 0.15) is 22.9 Å². The van der Waals surface area contributed by atoms with Gasteiger partial charge >= 0.3 is 6.09 Å². The Hall–Kier alpha value is -2.50. The quantitative estimate of drug-likeness (QED) is 0.858. The molecule has 0 aliphatic heterocycles. The number of benzene rings is 1. The zero-order valence-corrected chi connectivity index (χ0v) is 13.7. The highest BCUT2D eigenvalue weighted by Gasteiger charge is 2.17. The summed E-state index contributed by atoms with van der Waals surface area (Å²) in [5.41, 5.74) is 0.275. The van der Waals surface area contributed by atoms with E-state index >= 15 is 0 Å². The van der Waals surface area contributed by atoms with Crippen LogP contribution in [-0.2, 0) is 11.3 Å². The van der Waals surface area contributed by atoms with E-state index in [4.69, 9.17) is 9.15 Å². The largest absolute Gasteiger partial charge is 0.465 e. The van der Waals surface area contributed by atoms with Crippen LogP contribution in [0.5, 0.6) is 0 Å². The molecular formula is C17H21FN2O3. The van der Waals surface area contributed by atoms with Gasteiger partial charge in [-0.3, -0.25) is 5.32 Å². The Morgan fingerprint density at radius 2 is 1.96 bits per heavy atom. The highest BCUT2D eigenvalue weighted by atomic mass is 19.1. The van der Waals surface area contributed by atoms with Crippen LogP contribution in [0.1, 0.15) is 32.3 Å². The third kappa shape index (κ3) is 5.32. The Balaban J connectivity index is 2.09. The van der Waals surface area contributed by atoms with E-state index in [9.17, 15) is 9.18 Å². The minimum atomic E-state index is -0.608. The maximum Gasteiger partial charge on any atom is 0.412 e. The van der Waals surface area contributed by atoms with Crippen molar-refractivity contribution in [2.45, 2.75) is 39.8 Å². The number of carbonyl (C=O) groups is 1. The van der Waals surface area contributed by atoms with Gasteiger partial charge in [0.05, 0.1) is 17.9 Å². The van der Waals surface area contributed by atoms with Gasteiger partial charge in [-0.2, -0.15) is 0 Å². The van der Waals surface area contributed by atoms with Gasteiger partial charge < -0.3 is 14.5 Å². The van der Waals surface area contributed by atoms with E-state index in [0.717, 1.165) is 11.5 Å². The predicted octanol–water partition coefficient (Wildman–Crippen LogP) is 4.69.